The lowest BCUT2D eigenvalue weighted by Gasteiger charge is -2.20. The summed E-state index contributed by atoms with van der Waals surface area (Å²) in [5.74, 6) is 0.460. The highest BCUT2D eigenvalue weighted by atomic mass is 16.5. The van der Waals surface area contributed by atoms with Crippen LogP contribution in [0.5, 0.6) is 11.5 Å². The first-order valence-electron chi connectivity index (χ1n) is 7.47. The van der Waals surface area contributed by atoms with Crippen LogP contribution < -0.4 is 10.1 Å². The van der Waals surface area contributed by atoms with E-state index in [-0.39, 0.29) is 5.75 Å². The van der Waals surface area contributed by atoms with Gasteiger partial charge in [0.05, 0.1) is 12.7 Å². The van der Waals surface area contributed by atoms with E-state index in [0.717, 1.165) is 19.6 Å². The number of hydrogen-bond acceptors (Lipinski definition) is 5. The molecule has 0 amide bonds. The molecule has 0 bridgehead atoms. The summed E-state index contributed by atoms with van der Waals surface area (Å²) in [6.45, 7) is 10.1. The number of ether oxygens (including phenoxy) is 1. The fourth-order valence-corrected chi connectivity index (χ4v) is 2.18. The number of benzene rings is 1. The molecule has 5 nitrogen and oxygen atoms in total. The lowest BCUT2D eigenvalue weighted by molar-refractivity contribution is 0.298. The molecular formula is C16H25N3O2. The van der Waals surface area contributed by atoms with Gasteiger partial charge in [-0.15, -0.1) is 0 Å². The second kappa shape index (κ2) is 9.22. The number of phenolic OH excluding ortho intramolecular Hbond substituents is 1. The fraction of sp³-hybridized carbons (Fsp3) is 0.562. The molecule has 0 radical (unpaired) electrons. The van der Waals surface area contributed by atoms with Gasteiger partial charge in [0.25, 0.3) is 0 Å². The molecule has 0 aliphatic heterocycles. The van der Waals surface area contributed by atoms with Gasteiger partial charge < -0.3 is 14.7 Å². The second-order valence-electron chi connectivity index (χ2n) is 4.67. The van der Waals surface area contributed by atoms with Gasteiger partial charge in [-0.05, 0) is 26.1 Å². The van der Waals surface area contributed by atoms with Crippen LogP contribution in [-0.2, 0) is 0 Å². The third kappa shape index (κ3) is 4.92. The Hall–Kier alpha value is -1.77. The van der Waals surface area contributed by atoms with Crippen LogP contribution in [0.3, 0.4) is 0 Å². The maximum atomic E-state index is 10.2. The van der Waals surface area contributed by atoms with E-state index in [0.29, 0.717) is 24.5 Å². The van der Waals surface area contributed by atoms with Crippen molar-refractivity contribution in [2.45, 2.75) is 26.8 Å². The van der Waals surface area contributed by atoms with Crippen molar-refractivity contribution in [2.24, 2.45) is 0 Å². The van der Waals surface area contributed by atoms with Gasteiger partial charge in [-0.2, -0.15) is 5.26 Å². The zero-order valence-electron chi connectivity index (χ0n) is 13.1. The number of rotatable bonds is 9. The van der Waals surface area contributed by atoms with Gasteiger partial charge in [0, 0.05) is 18.7 Å². The SMILES string of the molecule is CCOc1cccc(C(C#N)NCCN(CC)CC)c1O. The number of para-hydroxylation sites is 1. The van der Waals surface area contributed by atoms with E-state index in [9.17, 15) is 10.4 Å². The van der Waals surface area contributed by atoms with E-state index in [1.165, 1.54) is 0 Å². The molecule has 0 spiro atoms. The van der Waals surface area contributed by atoms with E-state index >= 15 is 0 Å². The molecule has 5 heteroatoms. The second-order valence-corrected chi connectivity index (χ2v) is 4.67. The average molecular weight is 291 g/mol. The van der Waals surface area contributed by atoms with Gasteiger partial charge in [-0.25, -0.2) is 0 Å². The first kappa shape index (κ1) is 17.3. The Kier molecular flexibility index (Phi) is 7.59. The van der Waals surface area contributed by atoms with Crippen LogP contribution in [0.1, 0.15) is 32.4 Å². The summed E-state index contributed by atoms with van der Waals surface area (Å²) in [7, 11) is 0. The molecule has 1 unspecified atom stereocenters. The zero-order chi connectivity index (χ0) is 15.7. The molecule has 1 rings (SSSR count). The summed E-state index contributed by atoms with van der Waals surface area (Å²) >= 11 is 0. The van der Waals surface area contributed by atoms with E-state index in [2.05, 4.69) is 30.1 Å². The van der Waals surface area contributed by atoms with Crippen LogP contribution in [-0.4, -0.2) is 42.8 Å². The molecule has 21 heavy (non-hydrogen) atoms. The van der Waals surface area contributed by atoms with Gasteiger partial charge in [-0.1, -0.05) is 26.0 Å². The van der Waals surface area contributed by atoms with Crippen molar-refractivity contribution >= 4 is 0 Å². The number of likely N-dealkylation sites (N-methyl/N-ethyl adjacent to an activating group) is 1. The van der Waals surface area contributed by atoms with Gasteiger partial charge in [0.1, 0.15) is 6.04 Å². The molecular weight excluding hydrogens is 266 g/mol. The van der Waals surface area contributed by atoms with Crippen LogP contribution in [0.15, 0.2) is 18.2 Å². The van der Waals surface area contributed by atoms with Gasteiger partial charge in [-0.3, -0.25) is 5.32 Å². The lowest BCUT2D eigenvalue weighted by Crippen LogP contribution is -2.33. The van der Waals surface area contributed by atoms with Crippen molar-refractivity contribution in [3.8, 4) is 17.6 Å². The number of hydrogen-bond donors (Lipinski definition) is 2. The smallest absolute Gasteiger partial charge is 0.163 e. The number of nitrogens with one attached hydrogen (secondary N) is 1. The lowest BCUT2D eigenvalue weighted by atomic mass is 10.1. The predicted molar refractivity (Wildman–Crippen MR) is 83.4 cm³/mol. The number of phenols is 1. The molecule has 1 aromatic rings. The molecule has 1 atom stereocenters. The summed E-state index contributed by atoms with van der Waals surface area (Å²) in [5.41, 5.74) is 0.558. The highest BCUT2D eigenvalue weighted by Gasteiger charge is 2.17. The Labute approximate surface area is 127 Å². The van der Waals surface area contributed by atoms with Gasteiger partial charge in [0.15, 0.2) is 11.5 Å². The standard InChI is InChI=1S/C16H25N3O2/c1-4-19(5-2)11-10-18-14(12-17)13-8-7-9-15(16(13)20)21-6-3/h7-9,14,18,20H,4-6,10-11H2,1-3H3. The quantitative estimate of drug-likeness (QED) is 0.730. The third-order valence-corrected chi connectivity index (χ3v) is 3.44. The molecule has 0 saturated carbocycles. The average Bonchev–Trinajstić information content (AvgIpc) is 2.51. The van der Waals surface area contributed by atoms with Crippen LogP contribution in [0.25, 0.3) is 0 Å². The normalized spacial score (nSPS) is 12.1. The van der Waals surface area contributed by atoms with Crippen LogP contribution in [0.2, 0.25) is 0 Å². The Bertz CT molecular complexity index is 467. The largest absolute Gasteiger partial charge is 0.504 e. The molecule has 0 saturated heterocycles. The molecule has 0 fully saturated rings. The monoisotopic (exact) mass is 291 g/mol. The van der Waals surface area contributed by atoms with Crippen molar-refractivity contribution in [3.63, 3.8) is 0 Å². The maximum absolute atomic E-state index is 10.2. The molecule has 1 aromatic carbocycles. The molecule has 0 aliphatic carbocycles. The molecule has 0 aliphatic rings. The number of aromatic hydroxyl groups is 1. The summed E-state index contributed by atoms with van der Waals surface area (Å²) in [6.07, 6.45) is 0. The Morgan fingerprint density at radius 1 is 1.33 bits per heavy atom. The van der Waals surface area contributed by atoms with Crippen LogP contribution >= 0.6 is 0 Å². The van der Waals surface area contributed by atoms with E-state index in [1.54, 1.807) is 18.2 Å². The summed E-state index contributed by atoms with van der Waals surface area (Å²) in [6, 6.07) is 6.89. The van der Waals surface area contributed by atoms with Crippen LogP contribution in [0, 0.1) is 11.3 Å². The molecule has 2 N–H and O–H groups in total. The first-order valence-corrected chi connectivity index (χ1v) is 7.47. The summed E-state index contributed by atoms with van der Waals surface area (Å²) < 4.78 is 5.35. The minimum absolute atomic E-state index is 0.0428. The first-order chi connectivity index (χ1) is 10.2. The van der Waals surface area contributed by atoms with Crippen molar-refractivity contribution in [1.29, 1.82) is 5.26 Å². The third-order valence-electron chi connectivity index (χ3n) is 3.44. The minimum atomic E-state index is -0.541. The maximum Gasteiger partial charge on any atom is 0.163 e. The Balaban J connectivity index is 2.72. The number of nitrogens with zero attached hydrogens (tertiary/aromatic N) is 2. The fourth-order valence-electron chi connectivity index (χ4n) is 2.18. The van der Waals surface area contributed by atoms with E-state index in [1.807, 2.05) is 6.92 Å². The summed E-state index contributed by atoms with van der Waals surface area (Å²) in [5, 5.41) is 22.7. The van der Waals surface area contributed by atoms with Crippen molar-refractivity contribution in [1.82, 2.24) is 10.2 Å². The number of nitriles is 1. The van der Waals surface area contributed by atoms with Gasteiger partial charge >= 0.3 is 0 Å². The Morgan fingerprint density at radius 3 is 2.62 bits per heavy atom. The Morgan fingerprint density at radius 2 is 2.05 bits per heavy atom. The molecule has 116 valence electrons. The highest BCUT2D eigenvalue weighted by Crippen LogP contribution is 2.33. The minimum Gasteiger partial charge on any atom is -0.504 e. The molecule has 0 aromatic heterocycles. The highest BCUT2D eigenvalue weighted by molar-refractivity contribution is 5.48. The molecule has 0 heterocycles. The van der Waals surface area contributed by atoms with Crippen molar-refractivity contribution < 1.29 is 9.84 Å². The van der Waals surface area contributed by atoms with Crippen molar-refractivity contribution in [2.75, 3.05) is 32.8 Å². The van der Waals surface area contributed by atoms with Crippen LogP contribution in [0.4, 0.5) is 0 Å². The van der Waals surface area contributed by atoms with Crippen molar-refractivity contribution in [3.05, 3.63) is 23.8 Å². The van der Waals surface area contributed by atoms with Gasteiger partial charge in [0.2, 0.25) is 0 Å². The van der Waals surface area contributed by atoms with E-state index in [4.69, 9.17) is 4.74 Å². The topological polar surface area (TPSA) is 68.5 Å². The summed E-state index contributed by atoms with van der Waals surface area (Å²) in [4.78, 5) is 2.28. The zero-order valence-corrected chi connectivity index (χ0v) is 13.1. The predicted octanol–water partition coefficient (Wildman–Crippen LogP) is 2.29. The van der Waals surface area contributed by atoms with E-state index < -0.39 is 6.04 Å².